The third-order valence-electron chi connectivity index (χ3n) is 5.11. The van der Waals surface area contributed by atoms with E-state index in [-0.39, 0.29) is 18.1 Å². The largest absolute Gasteiger partial charge is 0.467 e. The molecule has 0 aliphatic carbocycles. The topological polar surface area (TPSA) is 72.5 Å². The second kappa shape index (κ2) is 7.01. The van der Waals surface area contributed by atoms with Crippen LogP contribution in [0, 0.1) is 5.92 Å². The quantitative estimate of drug-likeness (QED) is 0.885. The molecule has 2 aliphatic rings. The van der Waals surface area contributed by atoms with Crippen LogP contribution in [0.4, 0.5) is 0 Å². The Morgan fingerprint density at radius 1 is 1.48 bits per heavy atom. The number of amides is 1. The van der Waals surface area contributed by atoms with Crippen LogP contribution in [0.3, 0.4) is 0 Å². The zero-order chi connectivity index (χ0) is 17.2. The summed E-state index contributed by atoms with van der Waals surface area (Å²) < 4.78 is 13.1. The maximum Gasteiger partial charge on any atom is 0.249 e. The monoisotopic (exact) mass is 344 g/mol. The molecule has 2 fully saturated rings. The van der Waals surface area contributed by atoms with Crippen LogP contribution in [-0.4, -0.2) is 45.9 Å². The molecule has 2 aromatic rings. The molecular weight excluding hydrogens is 320 g/mol. The molecule has 4 heterocycles. The number of aryl methyl sites for hydroxylation is 1. The van der Waals surface area contributed by atoms with Gasteiger partial charge in [-0.3, -0.25) is 14.4 Å². The Hall–Kier alpha value is -2.12. The van der Waals surface area contributed by atoms with Crippen LogP contribution in [0.25, 0.3) is 0 Å². The van der Waals surface area contributed by atoms with E-state index in [1.165, 1.54) is 5.56 Å². The maximum absolute atomic E-state index is 12.4. The van der Waals surface area contributed by atoms with Crippen molar-refractivity contribution >= 4 is 5.91 Å². The molecule has 1 amide bonds. The van der Waals surface area contributed by atoms with E-state index < -0.39 is 0 Å². The van der Waals surface area contributed by atoms with Gasteiger partial charge in [0.1, 0.15) is 11.9 Å². The fourth-order valence-electron chi connectivity index (χ4n) is 3.82. The van der Waals surface area contributed by atoms with Crippen LogP contribution in [0.1, 0.15) is 24.2 Å². The number of piperidine rings is 1. The number of likely N-dealkylation sites (tertiary alicyclic amines) is 1. The molecule has 7 heteroatoms. The lowest BCUT2D eigenvalue weighted by Crippen LogP contribution is -2.42. The number of hydrogen-bond acceptors (Lipinski definition) is 5. The number of ether oxygens (including phenoxy) is 1. The first-order valence-electron chi connectivity index (χ1n) is 8.83. The molecule has 0 saturated carbocycles. The summed E-state index contributed by atoms with van der Waals surface area (Å²) in [5.41, 5.74) is 1.21. The molecule has 0 spiro atoms. The second-order valence-corrected chi connectivity index (χ2v) is 7.00. The van der Waals surface area contributed by atoms with Gasteiger partial charge in [-0.2, -0.15) is 5.10 Å². The van der Waals surface area contributed by atoms with Gasteiger partial charge in [0.15, 0.2) is 0 Å². The highest BCUT2D eigenvalue weighted by atomic mass is 16.5. The van der Waals surface area contributed by atoms with Crippen LogP contribution in [-0.2, 0) is 29.7 Å². The Bertz CT molecular complexity index is 712. The number of furan rings is 1. The highest BCUT2D eigenvalue weighted by Crippen LogP contribution is 2.33. The molecule has 1 N–H and O–H groups in total. The molecule has 2 aliphatic heterocycles. The number of nitrogens with one attached hydrogen (secondary N) is 1. The van der Waals surface area contributed by atoms with Gasteiger partial charge in [0.2, 0.25) is 5.91 Å². The standard InChI is InChI=1S/C18H24N4O3/c1-21-10-13(8-20-21)11-22-5-4-14-7-16(25-17(14)12-22)18(23)19-9-15-3-2-6-24-15/h2-3,6,8,10,14,16-17H,4-5,7,9,11-12H2,1H3,(H,19,23)/t14-,16+,17-/m1/s1. The number of carbonyl (C=O) groups excluding carboxylic acids is 1. The fourth-order valence-corrected chi connectivity index (χ4v) is 3.82. The first-order valence-corrected chi connectivity index (χ1v) is 8.83. The normalized spacial score (nSPS) is 26.5. The number of nitrogens with zero attached hydrogens (tertiary/aromatic N) is 3. The number of aromatic nitrogens is 2. The summed E-state index contributed by atoms with van der Waals surface area (Å²) in [6, 6.07) is 3.67. The molecular formula is C18H24N4O3. The zero-order valence-corrected chi connectivity index (χ0v) is 14.4. The van der Waals surface area contributed by atoms with Gasteiger partial charge in [-0.25, -0.2) is 0 Å². The van der Waals surface area contributed by atoms with Crippen molar-refractivity contribution < 1.29 is 13.9 Å². The molecule has 3 atom stereocenters. The highest BCUT2D eigenvalue weighted by Gasteiger charge is 2.41. The highest BCUT2D eigenvalue weighted by molar-refractivity contribution is 5.81. The summed E-state index contributed by atoms with van der Waals surface area (Å²) in [7, 11) is 1.93. The average molecular weight is 344 g/mol. The molecule has 0 radical (unpaired) electrons. The van der Waals surface area contributed by atoms with E-state index in [2.05, 4.69) is 15.3 Å². The summed E-state index contributed by atoms with van der Waals surface area (Å²) >= 11 is 0. The summed E-state index contributed by atoms with van der Waals surface area (Å²) in [6.07, 6.45) is 7.26. The molecule has 2 saturated heterocycles. The van der Waals surface area contributed by atoms with E-state index >= 15 is 0 Å². The fraction of sp³-hybridized carbons (Fsp3) is 0.556. The predicted molar refractivity (Wildman–Crippen MR) is 90.4 cm³/mol. The van der Waals surface area contributed by atoms with E-state index in [1.54, 1.807) is 6.26 Å². The second-order valence-electron chi connectivity index (χ2n) is 7.00. The molecule has 0 unspecified atom stereocenters. The Kier molecular flexibility index (Phi) is 4.59. The van der Waals surface area contributed by atoms with E-state index in [1.807, 2.05) is 36.3 Å². The first-order chi connectivity index (χ1) is 12.2. The van der Waals surface area contributed by atoms with Gasteiger partial charge in [-0.15, -0.1) is 0 Å². The zero-order valence-electron chi connectivity index (χ0n) is 14.4. The lowest BCUT2D eigenvalue weighted by Gasteiger charge is -2.33. The SMILES string of the molecule is Cn1cc(CN2CC[C@@H]3C[C@@H](C(=O)NCc4ccco4)O[C@@H]3C2)cn1. The van der Waals surface area contributed by atoms with E-state index in [9.17, 15) is 4.79 Å². The minimum Gasteiger partial charge on any atom is -0.467 e. The van der Waals surface area contributed by atoms with Gasteiger partial charge in [0.25, 0.3) is 0 Å². The summed E-state index contributed by atoms with van der Waals surface area (Å²) in [5.74, 6) is 1.19. The lowest BCUT2D eigenvalue weighted by atomic mass is 9.91. The molecule has 7 nitrogen and oxygen atoms in total. The average Bonchev–Trinajstić information content (AvgIpc) is 3.33. The number of carbonyl (C=O) groups is 1. The smallest absolute Gasteiger partial charge is 0.249 e. The van der Waals surface area contributed by atoms with Crippen molar-refractivity contribution in [3.8, 4) is 0 Å². The van der Waals surface area contributed by atoms with Crippen molar-refractivity contribution in [3.05, 3.63) is 42.1 Å². The van der Waals surface area contributed by atoms with Gasteiger partial charge < -0.3 is 14.5 Å². The lowest BCUT2D eigenvalue weighted by molar-refractivity contribution is -0.133. The molecule has 0 bridgehead atoms. The Balaban J connectivity index is 1.28. The van der Waals surface area contributed by atoms with E-state index in [0.717, 1.165) is 38.2 Å². The Morgan fingerprint density at radius 3 is 3.16 bits per heavy atom. The van der Waals surface area contributed by atoms with E-state index in [0.29, 0.717) is 12.5 Å². The van der Waals surface area contributed by atoms with Crippen molar-refractivity contribution in [2.24, 2.45) is 13.0 Å². The number of rotatable bonds is 5. The maximum atomic E-state index is 12.4. The summed E-state index contributed by atoms with van der Waals surface area (Å²) in [4.78, 5) is 14.7. The molecule has 25 heavy (non-hydrogen) atoms. The summed E-state index contributed by atoms with van der Waals surface area (Å²) in [5, 5.41) is 7.13. The van der Waals surface area contributed by atoms with Crippen LogP contribution in [0.2, 0.25) is 0 Å². The van der Waals surface area contributed by atoms with Crippen molar-refractivity contribution in [3.63, 3.8) is 0 Å². The van der Waals surface area contributed by atoms with Crippen LogP contribution < -0.4 is 5.32 Å². The van der Waals surface area contributed by atoms with Gasteiger partial charge >= 0.3 is 0 Å². The number of hydrogen-bond donors (Lipinski definition) is 1. The third kappa shape index (κ3) is 3.77. The minimum atomic E-state index is -0.344. The van der Waals surface area contributed by atoms with E-state index in [4.69, 9.17) is 9.15 Å². The van der Waals surface area contributed by atoms with Gasteiger partial charge in [-0.05, 0) is 37.4 Å². The molecule has 2 aromatic heterocycles. The minimum absolute atomic E-state index is 0.0374. The van der Waals surface area contributed by atoms with Gasteiger partial charge in [-0.1, -0.05) is 0 Å². The van der Waals surface area contributed by atoms with Crippen molar-refractivity contribution in [1.82, 2.24) is 20.0 Å². The predicted octanol–water partition coefficient (Wildman–Crippen LogP) is 1.31. The molecule has 4 rings (SSSR count). The Labute approximate surface area is 146 Å². The summed E-state index contributed by atoms with van der Waals surface area (Å²) in [6.45, 7) is 3.21. The van der Waals surface area contributed by atoms with Crippen LogP contribution in [0.15, 0.2) is 35.2 Å². The van der Waals surface area contributed by atoms with Crippen molar-refractivity contribution in [1.29, 1.82) is 0 Å². The van der Waals surface area contributed by atoms with Crippen LogP contribution >= 0.6 is 0 Å². The molecule has 134 valence electrons. The number of fused-ring (bicyclic) bond motifs is 1. The molecule has 0 aromatic carbocycles. The third-order valence-corrected chi connectivity index (χ3v) is 5.11. The van der Waals surface area contributed by atoms with Crippen LogP contribution in [0.5, 0.6) is 0 Å². The van der Waals surface area contributed by atoms with Crippen molar-refractivity contribution in [2.45, 2.75) is 38.1 Å². The van der Waals surface area contributed by atoms with Gasteiger partial charge in [0, 0.05) is 31.9 Å². The van der Waals surface area contributed by atoms with Gasteiger partial charge in [0.05, 0.1) is 25.1 Å². The Morgan fingerprint density at radius 2 is 2.40 bits per heavy atom. The van der Waals surface area contributed by atoms with Crippen molar-refractivity contribution in [2.75, 3.05) is 13.1 Å². The first kappa shape index (κ1) is 16.4.